The zero-order valence-corrected chi connectivity index (χ0v) is 13.8. The van der Waals surface area contributed by atoms with Crippen molar-refractivity contribution in [1.82, 2.24) is 4.98 Å². The molecule has 2 nitrogen and oxygen atoms in total. The van der Waals surface area contributed by atoms with Crippen LogP contribution in [-0.4, -0.2) is 11.5 Å². The quantitative estimate of drug-likeness (QED) is 0.721. The smallest absolute Gasteiger partial charge is 0.132 e. The van der Waals surface area contributed by atoms with Crippen molar-refractivity contribution in [2.45, 2.75) is 46.5 Å². The summed E-state index contributed by atoms with van der Waals surface area (Å²) in [5.41, 5.74) is 3.86. The van der Waals surface area contributed by atoms with E-state index in [1.165, 1.54) is 16.8 Å². The van der Waals surface area contributed by atoms with E-state index < -0.39 is 0 Å². The van der Waals surface area contributed by atoms with Crippen molar-refractivity contribution in [3.05, 3.63) is 53.7 Å². The molecule has 0 saturated carbocycles. The normalized spacial score (nSPS) is 11.2. The van der Waals surface area contributed by atoms with E-state index in [9.17, 15) is 0 Å². The summed E-state index contributed by atoms with van der Waals surface area (Å²) < 4.78 is 0. The van der Waals surface area contributed by atoms with Crippen LogP contribution in [0.3, 0.4) is 0 Å². The lowest BCUT2D eigenvalue weighted by molar-refractivity contribution is 0.854. The molecule has 0 bridgehead atoms. The third kappa shape index (κ3) is 3.63. The lowest BCUT2D eigenvalue weighted by Crippen LogP contribution is -2.17. The van der Waals surface area contributed by atoms with Gasteiger partial charge in [-0.2, -0.15) is 0 Å². The van der Waals surface area contributed by atoms with Crippen molar-refractivity contribution >= 4 is 11.5 Å². The molecule has 0 spiro atoms. The Kier molecular flexibility index (Phi) is 5.00. The van der Waals surface area contributed by atoms with Crippen molar-refractivity contribution in [2.24, 2.45) is 0 Å². The van der Waals surface area contributed by atoms with Gasteiger partial charge in [-0.05, 0) is 48.1 Å². The van der Waals surface area contributed by atoms with Crippen LogP contribution >= 0.6 is 0 Å². The summed E-state index contributed by atoms with van der Waals surface area (Å²) in [5.74, 6) is 2.10. The number of anilines is 2. The average Bonchev–Trinajstić information content (AvgIpc) is 2.49. The van der Waals surface area contributed by atoms with E-state index in [4.69, 9.17) is 0 Å². The maximum absolute atomic E-state index is 4.63. The molecule has 2 rings (SSSR count). The second-order valence-electron chi connectivity index (χ2n) is 6.09. The van der Waals surface area contributed by atoms with Gasteiger partial charge in [-0.25, -0.2) is 4.98 Å². The Hall–Kier alpha value is -1.83. The standard InChI is InChI=1S/C19H26N2/c1-6-21(18-10-7-16(8-11-18)14(2)3)19-12-9-17(13-20-19)15(4)5/h7-15H,6H2,1-5H3. The minimum absolute atomic E-state index is 0.520. The van der Waals surface area contributed by atoms with Gasteiger partial charge in [0.15, 0.2) is 0 Å². The minimum atomic E-state index is 0.520. The number of nitrogens with zero attached hydrogens (tertiary/aromatic N) is 2. The van der Waals surface area contributed by atoms with Gasteiger partial charge in [0.1, 0.15) is 5.82 Å². The summed E-state index contributed by atoms with van der Waals surface area (Å²) >= 11 is 0. The molecular formula is C19H26N2. The number of aromatic nitrogens is 1. The van der Waals surface area contributed by atoms with Gasteiger partial charge >= 0.3 is 0 Å². The van der Waals surface area contributed by atoms with Crippen LogP contribution in [0.1, 0.15) is 57.6 Å². The molecule has 112 valence electrons. The number of hydrogen-bond acceptors (Lipinski definition) is 2. The average molecular weight is 282 g/mol. The fourth-order valence-corrected chi connectivity index (χ4v) is 2.41. The van der Waals surface area contributed by atoms with E-state index in [1.54, 1.807) is 0 Å². The number of benzene rings is 1. The Morgan fingerprint density at radius 1 is 0.857 bits per heavy atom. The molecule has 1 aromatic carbocycles. The Balaban J connectivity index is 2.26. The van der Waals surface area contributed by atoms with E-state index in [0.29, 0.717) is 11.8 Å². The Labute approximate surface area is 128 Å². The summed E-state index contributed by atoms with van der Waals surface area (Å²) in [5, 5.41) is 0. The maximum Gasteiger partial charge on any atom is 0.132 e. The van der Waals surface area contributed by atoms with E-state index in [0.717, 1.165) is 12.4 Å². The first-order valence-electron chi connectivity index (χ1n) is 7.86. The highest BCUT2D eigenvalue weighted by molar-refractivity contribution is 5.60. The first-order valence-corrected chi connectivity index (χ1v) is 7.86. The van der Waals surface area contributed by atoms with Crippen LogP contribution in [0.15, 0.2) is 42.6 Å². The molecular weight excluding hydrogens is 256 g/mol. The second kappa shape index (κ2) is 6.75. The van der Waals surface area contributed by atoms with Crippen molar-refractivity contribution in [1.29, 1.82) is 0 Å². The lowest BCUT2D eigenvalue weighted by atomic mass is 10.0. The Morgan fingerprint density at radius 2 is 1.43 bits per heavy atom. The third-order valence-corrected chi connectivity index (χ3v) is 3.90. The van der Waals surface area contributed by atoms with Gasteiger partial charge in [-0.3, -0.25) is 0 Å². The number of rotatable bonds is 5. The number of hydrogen-bond donors (Lipinski definition) is 0. The van der Waals surface area contributed by atoms with Crippen LogP contribution < -0.4 is 4.90 Å². The fourth-order valence-electron chi connectivity index (χ4n) is 2.41. The van der Waals surface area contributed by atoms with Gasteiger partial charge in [0, 0.05) is 18.4 Å². The van der Waals surface area contributed by atoms with Crippen LogP contribution in [0, 0.1) is 0 Å². The molecule has 0 fully saturated rings. The van der Waals surface area contributed by atoms with E-state index in [1.807, 2.05) is 6.20 Å². The molecule has 0 aliphatic carbocycles. The molecule has 0 aliphatic heterocycles. The molecule has 0 N–H and O–H groups in total. The summed E-state index contributed by atoms with van der Waals surface area (Å²) in [6.45, 7) is 11.9. The number of pyridine rings is 1. The van der Waals surface area contributed by atoms with Crippen LogP contribution in [0.25, 0.3) is 0 Å². The third-order valence-electron chi connectivity index (χ3n) is 3.90. The first kappa shape index (κ1) is 15.6. The minimum Gasteiger partial charge on any atom is -0.327 e. The molecule has 0 amide bonds. The molecule has 21 heavy (non-hydrogen) atoms. The van der Waals surface area contributed by atoms with Gasteiger partial charge in [0.05, 0.1) is 0 Å². The van der Waals surface area contributed by atoms with Gasteiger partial charge in [0.25, 0.3) is 0 Å². The monoisotopic (exact) mass is 282 g/mol. The van der Waals surface area contributed by atoms with E-state index in [-0.39, 0.29) is 0 Å². The Bertz CT molecular complexity index is 502. The van der Waals surface area contributed by atoms with Crippen LogP contribution in [-0.2, 0) is 0 Å². The van der Waals surface area contributed by atoms with Gasteiger partial charge in [-0.15, -0.1) is 0 Å². The van der Waals surface area contributed by atoms with Gasteiger partial charge < -0.3 is 4.90 Å². The predicted molar refractivity (Wildman–Crippen MR) is 91.5 cm³/mol. The highest BCUT2D eigenvalue weighted by Crippen LogP contribution is 2.26. The van der Waals surface area contributed by atoms with Crippen LogP contribution in [0.2, 0.25) is 0 Å². The molecule has 0 unspecified atom stereocenters. The van der Waals surface area contributed by atoms with Crippen LogP contribution in [0.5, 0.6) is 0 Å². The first-order chi connectivity index (χ1) is 10.0. The second-order valence-corrected chi connectivity index (χ2v) is 6.09. The van der Waals surface area contributed by atoms with Crippen molar-refractivity contribution in [3.8, 4) is 0 Å². The van der Waals surface area contributed by atoms with Gasteiger partial charge in [0.2, 0.25) is 0 Å². The van der Waals surface area contributed by atoms with E-state index >= 15 is 0 Å². The molecule has 1 heterocycles. The molecule has 0 aliphatic rings. The summed E-state index contributed by atoms with van der Waals surface area (Å²) in [6, 6.07) is 13.1. The molecule has 2 heteroatoms. The zero-order chi connectivity index (χ0) is 15.4. The molecule has 0 saturated heterocycles. The maximum atomic E-state index is 4.63. The Morgan fingerprint density at radius 3 is 1.86 bits per heavy atom. The summed E-state index contributed by atoms with van der Waals surface area (Å²) in [4.78, 5) is 6.88. The van der Waals surface area contributed by atoms with Crippen molar-refractivity contribution in [2.75, 3.05) is 11.4 Å². The van der Waals surface area contributed by atoms with E-state index in [2.05, 4.69) is 80.9 Å². The zero-order valence-electron chi connectivity index (χ0n) is 13.8. The van der Waals surface area contributed by atoms with Gasteiger partial charge in [-0.1, -0.05) is 45.9 Å². The van der Waals surface area contributed by atoms with Crippen molar-refractivity contribution in [3.63, 3.8) is 0 Å². The van der Waals surface area contributed by atoms with Crippen molar-refractivity contribution < 1.29 is 0 Å². The largest absolute Gasteiger partial charge is 0.327 e. The molecule has 1 aromatic heterocycles. The predicted octanol–water partition coefficient (Wildman–Crippen LogP) is 5.49. The molecule has 2 aromatic rings. The highest BCUT2D eigenvalue weighted by atomic mass is 15.2. The topological polar surface area (TPSA) is 16.1 Å². The summed E-state index contributed by atoms with van der Waals surface area (Å²) in [6.07, 6.45) is 1.99. The highest BCUT2D eigenvalue weighted by Gasteiger charge is 2.10. The lowest BCUT2D eigenvalue weighted by Gasteiger charge is -2.23. The summed E-state index contributed by atoms with van der Waals surface area (Å²) in [7, 11) is 0. The SMILES string of the molecule is CCN(c1ccc(C(C)C)cc1)c1ccc(C(C)C)cn1. The fraction of sp³-hybridized carbons (Fsp3) is 0.421. The molecule has 0 radical (unpaired) electrons. The van der Waals surface area contributed by atoms with Crippen LogP contribution in [0.4, 0.5) is 11.5 Å². The molecule has 0 atom stereocenters.